The summed E-state index contributed by atoms with van der Waals surface area (Å²) >= 11 is 0. The molecule has 2 amide bonds. The molecule has 0 atom stereocenters. The molecule has 1 N–H and O–H groups in total. The Morgan fingerprint density at radius 1 is 1.10 bits per heavy atom. The fraction of sp³-hybridized carbons (Fsp3) is 0.267. The number of anilines is 1. The van der Waals surface area contributed by atoms with Gasteiger partial charge in [-0.3, -0.25) is 9.59 Å². The third-order valence-corrected chi connectivity index (χ3v) is 3.83. The molecule has 1 heterocycles. The van der Waals surface area contributed by atoms with Gasteiger partial charge >= 0.3 is 5.97 Å². The van der Waals surface area contributed by atoms with Crippen LogP contribution in [0.2, 0.25) is 0 Å². The van der Waals surface area contributed by atoms with Crippen molar-refractivity contribution in [3.05, 3.63) is 40.7 Å². The van der Waals surface area contributed by atoms with Crippen LogP contribution in [-0.2, 0) is 9.59 Å². The topological polar surface area (TPSA) is 74.7 Å². The number of rotatable bonds is 2. The first-order valence-corrected chi connectivity index (χ1v) is 6.64. The molecule has 21 heavy (non-hydrogen) atoms. The van der Waals surface area contributed by atoms with E-state index < -0.39 is 23.6 Å². The van der Waals surface area contributed by atoms with Crippen LogP contribution in [0.15, 0.2) is 29.3 Å². The third kappa shape index (κ3) is 2.03. The van der Waals surface area contributed by atoms with Crippen molar-refractivity contribution in [2.75, 3.05) is 4.90 Å². The number of imide groups is 1. The normalized spacial score (nSPS) is 18.2. The minimum absolute atomic E-state index is 0.190. The largest absolute Gasteiger partial charge is 0.478 e. The summed E-state index contributed by atoms with van der Waals surface area (Å²) in [6.45, 7) is 0. The van der Waals surface area contributed by atoms with Crippen LogP contribution in [0.4, 0.5) is 10.1 Å². The second kappa shape index (κ2) is 4.80. The number of nitrogens with zero attached hydrogens (tertiary/aromatic N) is 1. The maximum Gasteiger partial charge on any atom is 0.335 e. The number of hydrogen-bond acceptors (Lipinski definition) is 3. The van der Waals surface area contributed by atoms with Crippen LogP contribution in [0.5, 0.6) is 0 Å². The first-order chi connectivity index (χ1) is 10.0. The molecule has 0 aromatic heterocycles. The van der Waals surface area contributed by atoms with E-state index >= 15 is 0 Å². The highest BCUT2D eigenvalue weighted by Crippen LogP contribution is 2.36. The Bertz CT molecular complexity index is 680. The molecule has 2 aliphatic rings. The second-order valence-corrected chi connectivity index (χ2v) is 5.08. The predicted octanol–water partition coefficient (Wildman–Crippen LogP) is 2.27. The zero-order valence-corrected chi connectivity index (χ0v) is 11.1. The number of hydrogen-bond donors (Lipinski definition) is 1. The van der Waals surface area contributed by atoms with Crippen LogP contribution < -0.4 is 4.90 Å². The predicted molar refractivity (Wildman–Crippen MR) is 71.3 cm³/mol. The summed E-state index contributed by atoms with van der Waals surface area (Å²) in [5, 5.41) is 8.82. The quantitative estimate of drug-likeness (QED) is 0.847. The molecule has 108 valence electrons. The molecule has 1 aromatic rings. The van der Waals surface area contributed by atoms with Gasteiger partial charge < -0.3 is 5.11 Å². The highest BCUT2D eigenvalue weighted by atomic mass is 19.1. The van der Waals surface area contributed by atoms with Gasteiger partial charge in [-0.1, -0.05) is 0 Å². The van der Waals surface area contributed by atoms with Crippen molar-refractivity contribution in [1.29, 1.82) is 0 Å². The van der Waals surface area contributed by atoms with Gasteiger partial charge in [0.25, 0.3) is 11.8 Å². The van der Waals surface area contributed by atoms with Crippen LogP contribution in [0.1, 0.15) is 36.0 Å². The highest BCUT2D eigenvalue weighted by molar-refractivity contribution is 6.33. The summed E-state index contributed by atoms with van der Waals surface area (Å²) in [6, 6.07) is 3.15. The van der Waals surface area contributed by atoms with E-state index in [1.807, 2.05) is 0 Å². The number of carboxylic acids is 1. The smallest absolute Gasteiger partial charge is 0.335 e. The van der Waals surface area contributed by atoms with Crippen LogP contribution in [0, 0.1) is 5.82 Å². The highest BCUT2D eigenvalue weighted by Gasteiger charge is 2.40. The van der Waals surface area contributed by atoms with E-state index in [1.54, 1.807) is 0 Å². The van der Waals surface area contributed by atoms with E-state index in [-0.39, 0.29) is 11.3 Å². The number of benzene rings is 1. The van der Waals surface area contributed by atoms with Crippen LogP contribution >= 0.6 is 0 Å². The molecule has 1 aliphatic carbocycles. The molecular formula is C15H12FNO4. The minimum Gasteiger partial charge on any atom is -0.478 e. The van der Waals surface area contributed by atoms with Gasteiger partial charge in [0.15, 0.2) is 0 Å². The van der Waals surface area contributed by atoms with Gasteiger partial charge in [-0.25, -0.2) is 14.1 Å². The lowest BCUT2D eigenvalue weighted by Gasteiger charge is -2.16. The first-order valence-electron chi connectivity index (χ1n) is 6.64. The van der Waals surface area contributed by atoms with Crippen molar-refractivity contribution in [3.8, 4) is 0 Å². The van der Waals surface area contributed by atoms with Crippen LogP contribution in [0.3, 0.4) is 0 Å². The van der Waals surface area contributed by atoms with E-state index in [9.17, 15) is 18.8 Å². The summed E-state index contributed by atoms with van der Waals surface area (Å²) in [5.74, 6) is -3.14. The lowest BCUT2D eigenvalue weighted by atomic mass is 9.93. The molecule has 0 spiro atoms. The van der Waals surface area contributed by atoms with Crippen LogP contribution in [0.25, 0.3) is 0 Å². The molecule has 0 unspecified atom stereocenters. The maximum atomic E-state index is 14.1. The van der Waals surface area contributed by atoms with Crippen molar-refractivity contribution in [1.82, 2.24) is 0 Å². The number of halogens is 1. The lowest BCUT2D eigenvalue weighted by Crippen LogP contribution is -2.32. The Morgan fingerprint density at radius 3 is 2.14 bits per heavy atom. The number of carbonyl (C=O) groups is 3. The molecule has 0 saturated carbocycles. The molecule has 5 nitrogen and oxygen atoms in total. The van der Waals surface area contributed by atoms with Gasteiger partial charge in [-0.15, -0.1) is 0 Å². The Balaban J connectivity index is 2.01. The van der Waals surface area contributed by atoms with E-state index in [0.717, 1.165) is 29.9 Å². The summed E-state index contributed by atoms with van der Waals surface area (Å²) in [4.78, 5) is 36.2. The number of amides is 2. The zero-order valence-electron chi connectivity index (χ0n) is 11.1. The monoisotopic (exact) mass is 289 g/mol. The van der Waals surface area contributed by atoms with E-state index in [1.165, 1.54) is 6.07 Å². The zero-order chi connectivity index (χ0) is 15.1. The summed E-state index contributed by atoms with van der Waals surface area (Å²) in [7, 11) is 0. The van der Waals surface area contributed by atoms with Gasteiger partial charge in [0.05, 0.1) is 11.3 Å². The van der Waals surface area contributed by atoms with Gasteiger partial charge in [0, 0.05) is 11.1 Å². The van der Waals surface area contributed by atoms with E-state index in [0.29, 0.717) is 24.0 Å². The average molecular weight is 289 g/mol. The molecule has 3 rings (SSSR count). The fourth-order valence-electron chi connectivity index (χ4n) is 2.78. The molecule has 6 heteroatoms. The SMILES string of the molecule is O=C(O)c1ccc(N2C(=O)C3=C(CCCC3)C2=O)c(F)c1. The van der Waals surface area contributed by atoms with E-state index in [2.05, 4.69) is 0 Å². The third-order valence-electron chi connectivity index (χ3n) is 3.83. The molecule has 0 fully saturated rings. The molecule has 1 aromatic carbocycles. The van der Waals surface area contributed by atoms with Crippen molar-refractivity contribution in [3.63, 3.8) is 0 Å². The summed E-state index contributed by atoms with van der Waals surface area (Å²) < 4.78 is 14.1. The lowest BCUT2D eigenvalue weighted by molar-refractivity contribution is -0.120. The molecule has 0 saturated heterocycles. The van der Waals surface area contributed by atoms with Crippen molar-refractivity contribution in [2.24, 2.45) is 0 Å². The van der Waals surface area contributed by atoms with Crippen molar-refractivity contribution in [2.45, 2.75) is 25.7 Å². The van der Waals surface area contributed by atoms with Crippen molar-refractivity contribution < 1.29 is 23.9 Å². The second-order valence-electron chi connectivity index (χ2n) is 5.08. The molecular weight excluding hydrogens is 277 g/mol. The minimum atomic E-state index is -1.27. The Kier molecular flexibility index (Phi) is 3.08. The van der Waals surface area contributed by atoms with Gasteiger partial charge in [-0.05, 0) is 43.9 Å². The molecule has 1 aliphatic heterocycles. The summed E-state index contributed by atoms with van der Waals surface area (Å²) in [6.07, 6.45) is 2.74. The standard InChI is InChI=1S/C15H12FNO4/c16-11-7-8(15(20)21)5-6-12(11)17-13(18)9-3-1-2-4-10(9)14(17)19/h5-7H,1-4H2,(H,20,21). The Morgan fingerprint density at radius 2 is 1.67 bits per heavy atom. The van der Waals surface area contributed by atoms with Gasteiger partial charge in [-0.2, -0.15) is 0 Å². The van der Waals surface area contributed by atoms with Crippen LogP contribution in [-0.4, -0.2) is 22.9 Å². The summed E-state index contributed by atoms with van der Waals surface area (Å²) in [5.41, 5.74) is 0.512. The molecule has 0 bridgehead atoms. The first kappa shape index (κ1) is 13.5. The fourth-order valence-corrected chi connectivity index (χ4v) is 2.78. The Labute approximate surface area is 119 Å². The van der Waals surface area contributed by atoms with E-state index in [4.69, 9.17) is 5.11 Å². The number of carboxylic acid groups (broad SMARTS) is 1. The van der Waals surface area contributed by atoms with Gasteiger partial charge in [0.2, 0.25) is 0 Å². The molecule has 0 radical (unpaired) electrons. The van der Waals surface area contributed by atoms with Gasteiger partial charge in [0.1, 0.15) is 5.82 Å². The number of aromatic carboxylic acids is 1. The number of carbonyl (C=O) groups excluding carboxylic acids is 2. The average Bonchev–Trinajstić information content (AvgIpc) is 2.72. The van der Waals surface area contributed by atoms with Crippen molar-refractivity contribution >= 4 is 23.5 Å². The Hall–Kier alpha value is -2.50. The maximum absolute atomic E-state index is 14.1.